The number of imidazole rings is 1. The van der Waals surface area contributed by atoms with Crippen molar-refractivity contribution in [2.45, 2.75) is 13.3 Å². The molecule has 1 amide bonds. The average Bonchev–Trinajstić information content (AvgIpc) is 3.47. The van der Waals surface area contributed by atoms with Gasteiger partial charge in [-0.3, -0.25) is 14.2 Å². The minimum Gasteiger partial charge on any atom is -0.366 e. The number of para-hydroxylation sites is 1. The number of hydrogen-bond donors (Lipinski definition) is 1. The third-order valence-electron chi connectivity index (χ3n) is 5.97. The van der Waals surface area contributed by atoms with Crippen molar-refractivity contribution in [3.05, 3.63) is 63.8 Å². The van der Waals surface area contributed by atoms with E-state index in [-0.39, 0.29) is 12.5 Å². The number of carbonyl (C=O) groups excluding carboxylic acids is 1. The van der Waals surface area contributed by atoms with Crippen LogP contribution in [-0.4, -0.2) is 57.9 Å². The number of fused-ring (bicyclic) bond motifs is 1. The quantitative estimate of drug-likeness (QED) is 0.388. The molecule has 0 atom stereocenters. The number of aromatic nitrogens is 3. The second kappa shape index (κ2) is 9.82. The number of anilines is 2. The fourth-order valence-electron chi connectivity index (χ4n) is 4.18. The molecule has 0 unspecified atom stereocenters. The number of nitrogens with one attached hydrogen (secondary N) is 1. The van der Waals surface area contributed by atoms with Crippen LogP contribution in [0.3, 0.4) is 0 Å². The van der Waals surface area contributed by atoms with Gasteiger partial charge in [-0.2, -0.15) is 0 Å². The lowest BCUT2D eigenvalue weighted by molar-refractivity contribution is -0.129. The Morgan fingerprint density at radius 3 is 2.59 bits per heavy atom. The summed E-state index contributed by atoms with van der Waals surface area (Å²) in [6.45, 7) is 4.89. The molecule has 1 N–H and O–H groups in total. The third-order valence-corrected chi connectivity index (χ3v) is 7.81. The summed E-state index contributed by atoms with van der Waals surface area (Å²) < 4.78 is 1.94. The van der Waals surface area contributed by atoms with Gasteiger partial charge in [0.15, 0.2) is 5.65 Å². The molecule has 3 aromatic heterocycles. The van der Waals surface area contributed by atoms with Crippen LogP contribution in [0.15, 0.2) is 48.9 Å². The van der Waals surface area contributed by atoms with Crippen LogP contribution >= 0.6 is 34.5 Å². The molecule has 1 aliphatic rings. The molecule has 176 valence electrons. The van der Waals surface area contributed by atoms with E-state index in [1.54, 1.807) is 23.7 Å². The molecule has 34 heavy (non-hydrogen) atoms. The highest BCUT2D eigenvalue weighted by Crippen LogP contribution is 2.35. The second-order valence-corrected chi connectivity index (χ2v) is 10.0. The largest absolute Gasteiger partial charge is 0.366 e. The Hall–Kier alpha value is -2.81. The number of halogens is 2. The molecule has 1 saturated heterocycles. The zero-order valence-corrected chi connectivity index (χ0v) is 21.0. The maximum Gasteiger partial charge on any atom is 0.242 e. The van der Waals surface area contributed by atoms with Gasteiger partial charge < -0.3 is 15.1 Å². The Morgan fingerprint density at radius 1 is 1.12 bits per heavy atom. The lowest BCUT2D eigenvalue weighted by atomic mass is 10.2. The van der Waals surface area contributed by atoms with Gasteiger partial charge in [-0.1, -0.05) is 36.2 Å². The average molecular weight is 515 g/mol. The molecule has 0 saturated carbocycles. The number of carbonyl (C=O) groups is 1. The Balaban J connectivity index is 1.29. The summed E-state index contributed by atoms with van der Waals surface area (Å²) in [4.78, 5) is 28.4. The SMILES string of the molecule is CCc1ccc(-c2nc3cnccn3c2NCC(=O)N2CCN(c3c(Cl)cccc3Cl)CC2)s1. The standard InChI is InChI=1S/C24H24Cl2N6OS/c1-2-16-6-7-19(34-16)22-24(32-9-8-27-14-20(32)29-22)28-15-21(33)30-10-12-31(13-11-30)23-17(25)4-3-5-18(23)26/h3-9,14,28H,2,10-13,15H2,1H3. The van der Waals surface area contributed by atoms with Gasteiger partial charge in [0.2, 0.25) is 5.91 Å². The monoisotopic (exact) mass is 514 g/mol. The Labute approximate surface area is 211 Å². The van der Waals surface area contributed by atoms with E-state index in [1.165, 1.54) is 4.88 Å². The number of hydrogen-bond acceptors (Lipinski definition) is 6. The number of aryl methyl sites for hydroxylation is 1. The summed E-state index contributed by atoms with van der Waals surface area (Å²) in [6, 6.07) is 9.73. The highest BCUT2D eigenvalue weighted by atomic mass is 35.5. The molecule has 0 aliphatic carbocycles. The maximum atomic E-state index is 13.1. The molecule has 0 spiro atoms. The van der Waals surface area contributed by atoms with Crippen LogP contribution in [0, 0.1) is 0 Å². The first-order valence-corrected chi connectivity index (χ1v) is 12.7. The first kappa shape index (κ1) is 23.0. The van der Waals surface area contributed by atoms with Gasteiger partial charge in [0.25, 0.3) is 0 Å². The summed E-state index contributed by atoms with van der Waals surface area (Å²) >= 11 is 14.4. The van der Waals surface area contributed by atoms with Crippen molar-refractivity contribution < 1.29 is 4.79 Å². The summed E-state index contributed by atoms with van der Waals surface area (Å²) in [6.07, 6.45) is 6.28. The van der Waals surface area contributed by atoms with E-state index in [9.17, 15) is 4.79 Å². The van der Waals surface area contributed by atoms with Gasteiger partial charge in [0, 0.05) is 43.4 Å². The Kier molecular flexibility index (Phi) is 6.63. The first-order valence-electron chi connectivity index (χ1n) is 11.2. The molecule has 5 rings (SSSR count). The Morgan fingerprint density at radius 2 is 1.88 bits per heavy atom. The van der Waals surface area contributed by atoms with Crippen LogP contribution in [0.2, 0.25) is 10.0 Å². The van der Waals surface area contributed by atoms with Crippen LogP contribution < -0.4 is 10.2 Å². The predicted octanol–water partition coefficient (Wildman–Crippen LogP) is 5.09. The molecule has 0 radical (unpaired) electrons. The van der Waals surface area contributed by atoms with E-state index in [1.807, 2.05) is 33.7 Å². The summed E-state index contributed by atoms with van der Waals surface area (Å²) in [5, 5.41) is 4.61. The van der Waals surface area contributed by atoms with Gasteiger partial charge in [-0.05, 0) is 30.7 Å². The molecule has 4 aromatic rings. The molecule has 1 aliphatic heterocycles. The molecular weight excluding hydrogens is 491 g/mol. The lowest BCUT2D eigenvalue weighted by Gasteiger charge is -2.37. The predicted molar refractivity (Wildman–Crippen MR) is 139 cm³/mol. The van der Waals surface area contributed by atoms with E-state index >= 15 is 0 Å². The molecule has 4 heterocycles. The number of benzene rings is 1. The van der Waals surface area contributed by atoms with E-state index < -0.39 is 0 Å². The van der Waals surface area contributed by atoms with Crippen molar-refractivity contribution in [3.8, 4) is 10.6 Å². The van der Waals surface area contributed by atoms with Crippen molar-refractivity contribution in [1.82, 2.24) is 19.3 Å². The fourth-order valence-corrected chi connectivity index (χ4v) is 5.76. The van der Waals surface area contributed by atoms with Gasteiger partial charge in [0.1, 0.15) is 11.5 Å². The summed E-state index contributed by atoms with van der Waals surface area (Å²) in [5.41, 5.74) is 2.41. The first-order chi connectivity index (χ1) is 16.5. The number of nitrogens with zero attached hydrogens (tertiary/aromatic N) is 5. The van der Waals surface area contributed by atoms with Gasteiger partial charge in [-0.15, -0.1) is 11.3 Å². The molecular formula is C24H24Cl2N6OS. The van der Waals surface area contributed by atoms with E-state index in [4.69, 9.17) is 28.2 Å². The molecule has 1 fully saturated rings. The number of rotatable bonds is 6. The van der Waals surface area contributed by atoms with E-state index in [0.29, 0.717) is 36.2 Å². The summed E-state index contributed by atoms with van der Waals surface area (Å²) in [7, 11) is 0. The highest BCUT2D eigenvalue weighted by molar-refractivity contribution is 7.15. The van der Waals surface area contributed by atoms with E-state index in [0.717, 1.165) is 34.1 Å². The van der Waals surface area contributed by atoms with Crippen LogP contribution in [0.25, 0.3) is 16.2 Å². The van der Waals surface area contributed by atoms with Gasteiger partial charge >= 0.3 is 0 Å². The molecule has 7 nitrogen and oxygen atoms in total. The number of thiophene rings is 1. The van der Waals surface area contributed by atoms with Crippen LogP contribution in [-0.2, 0) is 11.2 Å². The summed E-state index contributed by atoms with van der Waals surface area (Å²) in [5.74, 6) is 0.844. The van der Waals surface area contributed by atoms with Crippen molar-refractivity contribution in [1.29, 1.82) is 0 Å². The van der Waals surface area contributed by atoms with E-state index in [2.05, 4.69) is 34.3 Å². The van der Waals surface area contributed by atoms with Crippen molar-refractivity contribution in [2.24, 2.45) is 0 Å². The van der Waals surface area contributed by atoms with Gasteiger partial charge in [0.05, 0.1) is 33.4 Å². The molecule has 1 aromatic carbocycles. The zero-order valence-electron chi connectivity index (χ0n) is 18.7. The van der Waals surface area contributed by atoms with Crippen LogP contribution in [0.5, 0.6) is 0 Å². The van der Waals surface area contributed by atoms with Crippen molar-refractivity contribution >= 4 is 57.6 Å². The molecule has 10 heteroatoms. The lowest BCUT2D eigenvalue weighted by Crippen LogP contribution is -2.50. The number of piperazine rings is 1. The second-order valence-electron chi connectivity index (χ2n) is 8.02. The minimum atomic E-state index is 0.0419. The highest BCUT2D eigenvalue weighted by Gasteiger charge is 2.24. The third kappa shape index (κ3) is 4.45. The normalized spacial score (nSPS) is 14.1. The maximum absolute atomic E-state index is 13.1. The van der Waals surface area contributed by atoms with Crippen LogP contribution in [0.1, 0.15) is 11.8 Å². The van der Waals surface area contributed by atoms with Crippen molar-refractivity contribution in [2.75, 3.05) is 42.9 Å². The Bertz CT molecular complexity index is 1310. The van der Waals surface area contributed by atoms with Crippen molar-refractivity contribution in [3.63, 3.8) is 0 Å². The van der Waals surface area contributed by atoms with Gasteiger partial charge in [-0.25, -0.2) is 4.98 Å². The topological polar surface area (TPSA) is 65.8 Å². The smallest absolute Gasteiger partial charge is 0.242 e. The number of amides is 1. The fraction of sp³-hybridized carbons (Fsp3) is 0.292. The zero-order chi connectivity index (χ0) is 23.7. The molecule has 0 bridgehead atoms. The van der Waals surface area contributed by atoms with Crippen LogP contribution in [0.4, 0.5) is 11.5 Å². The minimum absolute atomic E-state index is 0.0419.